The van der Waals surface area contributed by atoms with Crippen molar-refractivity contribution in [1.82, 2.24) is 5.32 Å². The molecular weight excluding hydrogens is 226 g/mol. The highest BCUT2D eigenvalue weighted by molar-refractivity contribution is 5.99. The number of ether oxygens (including phenoxy) is 1. The Hall–Kier alpha value is -1.19. The number of piperidine rings is 1. The molecule has 0 aliphatic carbocycles. The fourth-order valence-corrected chi connectivity index (χ4v) is 3.12. The fourth-order valence-electron chi connectivity index (χ4n) is 3.12. The Balaban J connectivity index is 1.79. The van der Waals surface area contributed by atoms with Crippen LogP contribution in [0.3, 0.4) is 0 Å². The van der Waals surface area contributed by atoms with E-state index < -0.39 is 0 Å². The van der Waals surface area contributed by atoms with Gasteiger partial charge in [-0.2, -0.15) is 0 Å². The number of fused-ring (bicyclic) bond motifs is 2. The Labute approximate surface area is 108 Å². The van der Waals surface area contributed by atoms with E-state index in [2.05, 4.69) is 5.32 Å². The monoisotopic (exact) mass is 245 g/mol. The van der Waals surface area contributed by atoms with E-state index in [1.807, 2.05) is 31.2 Å². The molecule has 1 N–H and O–H groups in total. The quantitative estimate of drug-likeness (QED) is 0.809. The first-order chi connectivity index (χ1) is 8.74. The minimum atomic E-state index is 0.159. The van der Waals surface area contributed by atoms with Crippen LogP contribution in [0.4, 0.5) is 0 Å². The molecule has 3 rings (SSSR count). The van der Waals surface area contributed by atoms with Crippen molar-refractivity contribution in [3.63, 3.8) is 0 Å². The molecule has 1 aromatic carbocycles. The zero-order valence-corrected chi connectivity index (χ0v) is 10.7. The molecule has 3 heteroatoms. The van der Waals surface area contributed by atoms with Crippen LogP contribution in [0.15, 0.2) is 24.3 Å². The number of benzene rings is 1. The van der Waals surface area contributed by atoms with Gasteiger partial charge >= 0.3 is 0 Å². The lowest BCUT2D eigenvalue weighted by molar-refractivity contribution is 0.00952. The predicted octanol–water partition coefficient (Wildman–Crippen LogP) is 1.94. The van der Waals surface area contributed by atoms with Gasteiger partial charge in [0.05, 0.1) is 13.2 Å². The number of ketones is 1. The summed E-state index contributed by atoms with van der Waals surface area (Å²) in [6.45, 7) is 3.50. The van der Waals surface area contributed by atoms with Gasteiger partial charge in [0.25, 0.3) is 0 Å². The Bertz CT molecular complexity index is 446. The van der Waals surface area contributed by atoms with Crippen LogP contribution in [-0.2, 0) is 4.74 Å². The number of aryl methyl sites for hydroxylation is 1. The second-order valence-electron chi connectivity index (χ2n) is 5.45. The second-order valence-corrected chi connectivity index (χ2v) is 5.45. The zero-order chi connectivity index (χ0) is 12.5. The summed E-state index contributed by atoms with van der Waals surface area (Å²) in [5, 5.41) is 3.53. The highest BCUT2D eigenvalue weighted by atomic mass is 16.5. The average molecular weight is 245 g/mol. The first kappa shape index (κ1) is 11.9. The molecule has 2 heterocycles. The van der Waals surface area contributed by atoms with Crippen LogP contribution < -0.4 is 5.32 Å². The average Bonchev–Trinajstić information content (AvgIpc) is 2.38. The Morgan fingerprint density at radius 1 is 1.22 bits per heavy atom. The van der Waals surface area contributed by atoms with Gasteiger partial charge in [0.1, 0.15) is 0 Å². The van der Waals surface area contributed by atoms with Crippen molar-refractivity contribution in [1.29, 1.82) is 0 Å². The summed E-state index contributed by atoms with van der Waals surface area (Å²) in [6, 6.07) is 8.61. The van der Waals surface area contributed by atoms with Gasteiger partial charge in [-0.25, -0.2) is 0 Å². The van der Waals surface area contributed by atoms with Crippen molar-refractivity contribution >= 4 is 5.78 Å². The molecule has 1 aromatic rings. The summed E-state index contributed by atoms with van der Waals surface area (Å²) in [5.74, 6) is 0.470. The lowest BCUT2D eigenvalue weighted by Crippen LogP contribution is -2.55. The maximum atomic E-state index is 12.6. The third kappa shape index (κ3) is 2.20. The lowest BCUT2D eigenvalue weighted by atomic mass is 9.81. The highest BCUT2D eigenvalue weighted by Gasteiger charge is 2.35. The summed E-state index contributed by atoms with van der Waals surface area (Å²) in [6.07, 6.45) is 1.81. The maximum absolute atomic E-state index is 12.6. The van der Waals surface area contributed by atoms with E-state index in [9.17, 15) is 4.79 Å². The van der Waals surface area contributed by atoms with E-state index >= 15 is 0 Å². The molecule has 96 valence electrons. The molecule has 0 saturated carbocycles. The van der Waals surface area contributed by atoms with Crippen LogP contribution in [0.25, 0.3) is 0 Å². The number of nitrogens with one attached hydrogen (secondary N) is 1. The number of carbonyl (C=O) groups is 1. The molecule has 18 heavy (non-hydrogen) atoms. The van der Waals surface area contributed by atoms with Gasteiger partial charge in [0, 0.05) is 23.6 Å². The smallest absolute Gasteiger partial charge is 0.166 e. The lowest BCUT2D eigenvalue weighted by Gasteiger charge is -2.39. The van der Waals surface area contributed by atoms with Crippen LogP contribution in [0.2, 0.25) is 0 Å². The number of Topliss-reactive ketones (excluding diaryl/α,β-unsaturated/α-hetero) is 1. The molecule has 2 aliphatic rings. The van der Waals surface area contributed by atoms with E-state index in [0.29, 0.717) is 17.9 Å². The predicted molar refractivity (Wildman–Crippen MR) is 69.8 cm³/mol. The van der Waals surface area contributed by atoms with E-state index in [0.717, 1.165) is 37.2 Å². The summed E-state index contributed by atoms with van der Waals surface area (Å²) in [4.78, 5) is 12.6. The highest BCUT2D eigenvalue weighted by Crippen LogP contribution is 2.27. The first-order valence-corrected chi connectivity index (χ1v) is 6.67. The molecule has 0 spiro atoms. The molecule has 3 nitrogen and oxygen atoms in total. The van der Waals surface area contributed by atoms with Gasteiger partial charge in [-0.1, -0.05) is 24.3 Å². The van der Waals surface area contributed by atoms with Crippen molar-refractivity contribution in [3.05, 3.63) is 35.4 Å². The largest absolute Gasteiger partial charge is 0.378 e. The number of hydrogen-bond acceptors (Lipinski definition) is 3. The molecule has 0 radical (unpaired) electrons. The minimum Gasteiger partial charge on any atom is -0.378 e. The molecule has 2 aliphatic heterocycles. The first-order valence-electron chi connectivity index (χ1n) is 6.67. The minimum absolute atomic E-state index is 0.159. The van der Waals surface area contributed by atoms with Gasteiger partial charge in [-0.15, -0.1) is 0 Å². The fraction of sp³-hybridized carbons (Fsp3) is 0.533. The molecule has 2 bridgehead atoms. The summed E-state index contributed by atoms with van der Waals surface area (Å²) in [5.41, 5.74) is 1.98. The molecule has 0 amide bonds. The van der Waals surface area contributed by atoms with Crippen LogP contribution in [0.1, 0.15) is 28.8 Å². The zero-order valence-electron chi connectivity index (χ0n) is 10.7. The van der Waals surface area contributed by atoms with E-state index in [-0.39, 0.29) is 5.92 Å². The third-order valence-corrected chi connectivity index (χ3v) is 4.03. The molecule has 2 saturated heterocycles. The number of rotatable bonds is 2. The van der Waals surface area contributed by atoms with Crippen LogP contribution in [0, 0.1) is 12.8 Å². The normalized spacial score (nSPS) is 31.1. The third-order valence-electron chi connectivity index (χ3n) is 4.03. The van der Waals surface area contributed by atoms with Gasteiger partial charge in [0.2, 0.25) is 0 Å². The maximum Gasteiger partial charge on any atom is 0.166 e. The van der Waals surface area contributed by atoms with Gasteiger partial charge < -0.3 is 10.1 Å². The Kier molecular flexibility index (Phi) is 3.18. The SMILES string of the molecule is Cc1ccccc1C(=O)C1CC2COCC(C1)N2. The van der Waals surface area contributed by atoms with Crippen LogP contribution in [-0.4, -0.2) is 31.1 Å². The molecular formula is C15H19NO2. The van der Waals surface area contributed by atoms with E-state index in [1.165, 1.54) is 0 Å². The van der Waals surface area contributed by atoms with Crippen LogP contribution in [0.5, 0.6) is 0 Å². The molecule has 0 aromatic heterocycles. The van der Waals surface area contributed by atoms with Gasteiger partial charge in [-0.05, 0) is 25.3 Å². The second kappa shape index (κ2) is 4.82. The van der Waals surface area contributed by atoms with Crippen molar-refractivity contribution in [2.75, 3.05) is 13.2 Å². The van der Waals surface area contributed by atoms with Crippen LogP contribution >= 0.6 is 0 Å². The number of hydrogen-bond donors (Lipinski definition) is 1. The van der Waals surface area contributed by atoms with Gasteiger partial charge in [-0.3, -0.25) is 4.79 Å². The van der Waals surface area contributed by atoms with E-state index in [4.69, 9.17) is 4.74 Å². The number of morpholine rings is 1. The standard InChI is InChI=1S/C15H19NO2/c1-10-4-2-3-5-14(10)15(17)11-6-12-8-18-9-13(7-11)16-12/h2-5,11-13,16H,6-9H2,1H3. The van der Waals surface area contributed by atoms with E-state index in [1.54, 1.807) is 0 Å². The topological polar surface area (TPSA) is 38.3 Å². The Morgan fingerprint density at radius 2 is 1.89 bits per heavy atom. The molecule has 2 unspecified atom stereocenters. The van der Waals surface area contributed by atoms with Crippen molar-refractivity contribution in [2.24, 2.45) is 5.92 Å². The van der Waals surface area contributed by atoms with Gasteiger partial charge in [0.15, 0.2) is 5.78 Å². The van der Waals surface area contributed by atoms with Crippen molar-refractivity contribution in [2.45, 2.75) is 31.8 Å². The van der Waals surface area contributed by atoms with Crippen molar-refractivity contribution < 1.29 is 9.53 Å². The van der Waals surface area contributed by atoms with Crippen molar-refractivity contribution in [3.8, 4) is 0 Å². The summed E-state index contributed by atoms with van der Waals surface area (Å²) >= 11 is 0. The number of carbonyl (C=O) groups excluding carboxylic acids is 1. The molecule has 2 fully saturated rings. The molecule has 2 atom stereocenters. The summed E-state index contributed by atoms with van der Waals surface area (Å²) in [7, 11) is 0. The summed E-state index contributed by atoms with van der Waals surface area (Å²) < 4.78 is 5.52. The Morgan fingerprint density at radius 3 is 2.56 bits per heavy atom.